The Labute approximate surface area is 751 Å². The second-order valence-electron chi connectivity index (χ2n) is 33.8. The van der Waals surface area contributed by atoms with E-state index in [-0.39, 0.29) is 35.5 Å². The van der Waals surface area contributed by atoms with E-state index in [0.29, 0.717) is 65.9 Å². The zero-order valence-electron chi connectivity index (χ0n) is 74.1. The fourth-order valence-electron chi connectivity index (χ4n) is 15.8. The molecular formula is C98H96F2N30O. The lowest BCUT2D eigenvalue weighted by atomic mass is 10.1. The SMILES string of the molecule is Cc1cc(F)cc(CCc2nc(-c3ccc4ncnn4c3)c(-c3ccn(C(C)C)n3)[nH]2)c1.Cc1cc(F)cc(CCc2nc(-c3ccc4ncnn4c3)c(-c3ccn(C4CC4)n3)[nH]2)c1.Cc1cccc(CCc2nc(-c3ccc4ncc(C(N)=O)n4n3)c(-c3ccn(C(C)C)n3)[nH]2)c1.[C-]#[N+]c1cnc2ccc(-c3nc(CCc4cccc(C)c4)[nH]c3-c3ccn(C(C)C)n3)nn12. The number of hydrogen-bond acceptors (Lipinski definition) is 17. The summed E-state index contributed by atoms with van der Waals surface area (Å²) in [6.45, 7) is 27.9. The monoisotopic (exact) mass is 1750 g/mol. The van der Waals surface area contributed by atoms with Gasteiger partial charge >= 0.3 is 0 Å². The summed E-state index contributed by atoms with van der Waals surface area (Å²) in [7, 11) is 0. The molecule has 4 aromatic carbocycles. The van der Waals surface area contributed by atoms with Crippen molar-refractivity contribution in [3.8, 4) is 90.8 Å². The van der Waals surface area contributed by atoms with Gasteiger partial charge in [0.2, 0.25) is 5.65 Å². The van der Waals surface area contributed by atoms with Gasteiger partial charge in [0.05, 0.1) is 52.6 Å². The van der Waals surface area contributed by atoms with E-state index in [2.05, 4.69) is 169 Å². The van der Waals surface area contributed by atoms with Gasteiger partial charge in [-0.3, -0.25) is 23.5 Å². The summed E-state index contributed by atoms with van der Waals surface area (Å²) >= 11 is 0. The van der Waals surface area contributed by atoms with Gasteiger partial charge in [-0.25, -0.2) is 62.2 Å². The van der Waals surface area contributed by atoms with E-state index in [1.165, 1.54) is 70.7 Å². The second-order valence-corrected chi connectivity index (χ2v) is 33.8. The van der Waals surface area contributed by atoms with E-state index in [0.717, 1.165) is 156 Å². The minimum absolute atomic E-state index is 0.201. The molecule has 1 aliphatic rings. The van der Waals surface area contributed by atoms with Crippen LogP contribution < -0.4 is 5.73 Å². The first kappa shape index (κ1) is 85.6. The highest BCUT2D eigenvalue weighted by Gasteiger charge is 2.28. The molecule has 0 unspecified atom stereocenters. The van der Waals surface area contributed by atoms with Crippen LogP contribution in [-0.2, 0) is 51.4 Å². The molecule has 1 saturated carbocycles. The fraction of sp³-hybridized carbons (Fsp3) is 0.245. The van der Waals surface area contributed by atoms with Crippen LogP contribution >= 0.6 is 0 Å². The molecule has 131 heavy (non-hydrogen) atoms. The van der Waals surface area contributed by atoms with Crippen molar-refractivity contribution in [3.05, 3.63) is 317 Å². The van der Waals surface area contributed by atoms with Crippen LogP contribution in [0.3, 0.4) is 0 Å². The standard InChI is InChI=1S/C25H26N8O.C25H24N8.C24H22FN7.C24H24FN7/c1-15(2)32-12-11-19(30-32)24-23(18-8-10-22-27-14-20(25(26)34)33(22)31-18)28-21(29-24)9-7-17-6-4-5-16(3)13-17;1-16(2)32-13-12-20(30-32)25-24(19-9-11-22-27-15-23(26-4)33(22)31-19)28-21(29-25)10-8-18-7-5-6-17(3)14-18;1-15-10-16(12-18(25)11-15)2-6-21-28-23(17-3-7-22-26-14-27-32(22)13-17)24(29-21)20-8-9-31(30-20)19-4-5-19;1-15(2)31-9-8-20(30-31)24-23(18-5-7-22-26-14-27-32(22)13-18)28-21(29-24)6-4-17-10-16(3)11-19(25)12-17/h4-6,8,10-15H,7,9H2,1-3H3,(H2,26,34)(H,28,29);5-7,9,11-16H,8,10H2,1-3H3,(H,28,29);3,7-14,19H,2,4-6H2,1H3,(H,28,29);5,7-15H,4,6H2,1-3H3,(H,28,29). The molecule has 1 aliphatic carbocycles. The van der Waals surface area contributed by atoms with E-state index in [4.69, 9.17) is 52.6 Å². The first-order chi connectivity index (χ1) is 63.5. The van der Waals surface area contributed by atoms with Gasteiger partial charge < -0.3 is 30.5 Å². The van der Waals surface area contributed by atoms with Gasteiger partial charge in [-0.1, -0.05) is 83.5 Å². The van der Waals surface area contributed by atoms with Crippen LogP contribution in [0.25, 0.3) is 118 Å². The van der Waals surface area contributed by atoms with E-state index in [1.54, 1.807) is 37.8 Å². The van der Waals surface area contributed by atoms with Crippen molar-refractivity contribution in [2.75, 3.05) is 0 Å². The lowest BCUT2D eigenvalue weighted by Crippen LogP contribution is -2.15. The smallest absolute Gasteiger partial charge is 0.275 e. The molecule has 33 heteroatoms. The quantitative estimate of drug-likeness (QED) is 0.0332. The van der Waals surface area contributed by atoms with Gasteiger partial charge in [0.1, 0.15) is 98.8 Å². The number of fused-ring (bicyclic) bond motifs is 4. The number of halogens is 2. The van der Waals surface area contributed by atoms with Crippen LogP contribution in [0.5, 0.6) is 0 Å². The summed E-state index contributed by atoms with van der Waals surface area (Å²) in [6.07, 6.45) is 26.1. The van der Waals surface area contributed by atoms with Crippen LogP contribution in [0.4, 0.5) is 14.6 Å². The Hall–Kier alpha value is -16.1. The first-order valence-electron chi connectivity index (χ1n) is 43.7. The Balaban J connectivity index is 0.000000117. The highest BCUT2D eigenvalue weighted by atomic mass is 19.1. The van der Waals surface area contributed by atoms with Crippen molar-refractivity contribution in [2.24, 2.45) is 5.73 Å². The van der Waals surface area contributed by atoms with E-state index in [9.17, 15) is 13.6 Å². The molecule has 6 N–H and O–H groups in total. The van der Waals surface area contributed by atoms with Gasteiger partial charge in [0, 0.05) is 98.2 Å². The molecule has 0 aliphatic heterocycles. The number of aromatic nitrogens is 28. The van der Waals surface area contributed by atoms with Gasteiger partial charge in [-0.05, 0) is 232 Å². The molecule has 16 aromatic heterocycles. The number of carbonyl (C=O) groups excluding carboxylic acids is 1. The number of imidazole rings is 6. The van der Waals surface area contributed by atoms with Crippen molar-refractivity contribution in [3.63, 3.8) is 0 Å². The molecular weight excluding hydrogens is 1650 g/mol. The molecule has 0 saturated heterocycles. The first-order valence-corrected chi connectivity index (χ1v) is 43.7. The largest absolute Gasteiger partial charge is 0.364 e. The van der Waals surface area contributed by atoms with Crippen molar-refractivity contribution < 1.29 is 13.6 Å². The number of nitrogens with zero attached hydrogens (tertiary/aromatic N) is 25. The second kappa shape index (κ2) is 37.0. The molecule has 16 heterocycles. The van der Waals surface area contributed by atoms with Gasteiger partial charge in [0.15, 0.2) is 16.9 Å². The summed E-state index contributed by atoms with van der Waals surface area (Å²) in [5.41, 5.74) is 30.0. The number of hydrogen-bond donors (Lipinski definition) is 5. The van der Waals surface area contributed by atoms with E-state index in [1.807, 2.05) is 149 Å². The number of benzene rings is 4. The molecule has 658 valence electrons. The Morgan fingerprint density at radius 1 is 0.420 bits per heavy atom. The zero-order chi connectivity index (χ0) is 90.7. The highest BCUT2D eigenvalue weighted by Crippen LogP contribution is 2.38. The molecule has 0 radical (unpaired) electrons. The molecule has 1 amide bonds. The summed E-state index contributed by atoms with van der Waals surface area (Å²) in [6, 6.07) is 51.8. The summed E-state index contributed by atoms with van der Waals surface area (Å²) < 4.78 is 41.9. The molecule has 31 nitrogen and oxygen atoms in total. The minimum Gasteiger partial charge on any atom is -0.364 e. The number of primary amides is 1. The average Bonchev–Trinajstić information content (AvgIpc) is 1.64. The topological polar surface area (TPSA) is 354 Å². The third-order valence-electron chi connectivity index (χ3n) is 22.6. The maximum absolute atomic E-state index is 13.8. The van der Waals surface area contributed by atoms with E-state index >= 15 is 0 Å². The number of pyridine rings is 2. The van der Waals surface area contributed by atoms with Crippen LogP contribution in [-0.4, -0.2) is 143 Å². The number of aromatic amines is 4. The zero-order valence-corrected chi connectivity index (χ0v) is 74.1. The van der Waals surface area contributed by atoms with Crippen molar-refractivity contribution in [1.82, 2.24) is 137 Å². The number of amides is 1. The number of rotatable bonds is 25. The minimum atomic E-state index is -0.589. The van der Waals surface area contributed by atoms with Crippen LogP contribution in [0.15, 0.2) is 220 Å². The third-order valence-corrected chi connectivity index (χ3v) is 22.6. The highest BCUT2D eigenvalue weighted by molar-refractivity contribution is 5.92. The van der Waals surface area contributed by atoms with Crippen LogP contribution in [0.2, 0.25) is 0 Å². The number of aryl methyl sites for hydroxylation is 12. The van der Waals surface area contributed by atoms with Crippen molar-refractivity contribution >= 4 is 34.3 Å². The number of H-pyrrole nitrogens is 4. The summed E-state index contributed by atoms with van der Waals surface area (Å²) in [5, 5.41) is 36.8. The third kappa shape index (κ3) is 19.4. The lowest BCUT2D eigenvalue weighted by molar-refractivity contribution is 0.0993. The van der Waals surface area contributed by atoms with Crippen molar-refractivity contribution in [2.45, 2.75) is 158 Å². The normalized spacial score (nSPS) is 12.1. The maximum atomic E-state index is 13.8. The molecule has 0 bridgehead atoms. The number of nitrogens with one attached hydrogen (secondary N) is 4. The van der Waals surface area contributed by atoms with Crippen LogP contribution in [0, 0.1) is 45.9 Å². The number of nitrogens with two attached hydrogens (primary N) is 1. The molecule has 0 atom stereocenters. The summed E-state index contributed by atoms with van der Waals surface area (Å²) in [5.74, 6) is 2.76. The Kier molecular flexibility index (Phi) is 24.2. The summed E-state index contributed by atoms with van der Waals surface area (Å²) in [4.78, 5) is 65.8. The predicted octanol–water partition coefficient (Wildman–Crippen LogP) is 18.3. The average molecular weight is 1750 g/mol. The van der Waals surface area contributed by atoms with Gasteiger partial charge in [-0.15, -0.1) is 4.52 Å². The van der Waals surface area contributed by atoms with Gasteiger partial charge in [-0.2, -0.15) is 35.7 Å². The number of carbonyl (C=O) groups is 1. The van der Waals surface area contributed by atoms with Crippen LogP contribution in [0.1, 0.15) is 157 Å². The molecule has 21 rings (SSSR count). The van der Waals surface area contributed by atoms with Crippen molar-refractivity contribution in [1.29, 1.82) is 0 Å². The fourth-order valence-corrected chi connectivity index (χ4v) is 15.8. The molecule has 20 aromatic rings. The predicted molar refractivity (Wildman–Crippen MR) is 496 cm³/mol. The van der Waals surface area contributed by atoms with Gasteiger partial charge in [0.25, 0.3) is 11.7 Å². The van der Waals surface area contributed by atoms with E-state index < -0.39 is 5.91 Å². The molecule has 1 fully saturated rings. The Morgan fingerprint density at radius 2 is 0.817 bits per heavy atom. The Morgan fingerprint density at radius 3 is 1.24 bits per heavy atom. The Bertz CT molecular complexity index is 7310. The molecule has 0 spiro atoms. The maximum Gasteiger partial charge on any atom is 0.275 e. The lowest BCUT2D eigenvalue weighted by Gasteiger charge is -2.04.